The molecule has 0 aromatic carbocycles. The van der Waals surface area contributed by atoms with Gasteiger partial charge in [-0.3, -0.25) is 9.78 Å². The van der Waals surface area contributed by atoms with Crippen molar-refractivity contribution in [3.8, 4) is 0 Å². The second-order valence-electron chi connectivity index (χ2n) is 6.93. The summed E-state index contributed by atoms with van der Waals surface area (Å²) >= 11 is 0. The average Bonchev–Trinajstić information content (AvgIpc) is 2.51. The number of rotatable bonds is 5. The molecule has 1 N–H and O–H groups in total. The van der Waals surface area contributed by atoms with E-state index in [-0.39, 0.29) is 11.4 Å². The van der Waals surface area contributed by atoms with E-state index in [0.29, 0.717) is 11.6 Å². The lowest BCUT2D eigenvalue weighted by molar-refractivity contribution is 0.0914. The molecule has 0 radical (unpaired) electrons. The SMILES string of the molecule is Cc1cc(C(=O)NC(C)(C)C)nc(N(C)CCc2ccncc2)n1. The summed E-state index contributed by atoms with van der Waals surface area (Å²) in [5.41, 5.74) is 2.07. The highest BCUT2D eigenvalue weighted by molar-refractivity contribution is 5.93. The zero-order chi connectivity index (χ0) is 17.7. The number of hydrogen-bond donors (Lipinski definition) is 1. The minimum atomic E-state index is -0.302. The summed E-state index contributed by atoms with van der Waals surface area (Å²) in [6.45, 7) is 8.46. The first-order chi connectivity index (χ1) is 11.2. The number of anilines is 1. The van der Waals surface area contributed by atoms with Gasteiger partial charge in [0.2, 0.25) is 5.95 Å². The fourth-order valence-corrected chi connectivity index (χ4v) is 2.19. The summed E-state index contributed by atoms with van der Waals surface area (Å²) in [4.78, 5) is 27.2. The van der Waals surface area contributed by atoms with Gasteiger partial charge in [0.15, 0.2) is 0 Å². The number of aromatic nitrogens is 3. The fourth-order valence-electron chi connectivity index (χ4n) is 2.19. The third kappa shape index (κ3) is 5.30. The molecule has 0 bridgehead atoms. The van der Waals surface area contributed by atoms with Gasteiger partial charge in [-0.05, 0) is 57.9 Å². The largest absolute Gasteiger partial charge is 0.346 e. The highest BCUT2D eigenvalue weighted by Crippen LogP contribution is 2.11. The van der Waals surface area contributed by atoms with Crippen molar-refractivity contribution >= 4 is 11.9 Å². The number of pyridine rings is 1. The molecule has 0 saturated heterocycles. The van der Waals surface area contributed by atoms with E-state index in [4.69, 9.17) is 0 Å². The highest BCUT2D eigenvalue weighted by atomic mass is 16.2. The van der Waals surface area contributed by atoms with Gasteiger partial charge in [0, 0.05) is 37.2 Å². The molecule has 1 amide bonds. The summed E-state index contributed by atoms with van der Waals surface area (Å²) in [7, 11) is 1.93. The second-order valence-corrected chi connectivity index (χ2v) is 6.93. The molecule has 0 aliphatic rings. The maximum atomic E-state index is 12.3. The van der Waals surface area contributed by atoms with Crippen LogP contribution >= 0.6 is 0 Å². The maximum Gasteiger partial charge on any atom is 0.270 e. The van der Waals surface area contributed by atoms with Crippen LogP contribution in [0.25, 0.3) is 0 Å². The molecule has 6 heteroatoms. The van der Waals surface area contributed by atoms with Gasteiger partial charge in [-0.1, -0.05) is 0 Å². The molecule has 0 atom stereocenters. The van der Waals surface area contributed by atoms with E-state index in [1.54, 1.807) is 18.5 Å². The molecule has 128 valence electrons. The highest BCUT2D eigenvalue weighted by Gasteiger charge is 2.18. The van der Waals surface area contributed by atoms with E-state index in [2.05, 4.69) is 20.3 Å². The van der Waals surface area contributed by atoms with Crippen molar-refractivity contribution < 1.29 is 4.79 Å². The van der Waals surface area contributed by atoms with Gasteiger partial charge < -0.3 is 10.2 Å². The quantitative estimate of drug-likeness (QED) is 0.913. The Labute approximate surface area is 143 Å². The zero-order valence-electron chi connectivity index (χ0n) is 15.0. The minimum Gasteiger partial charge on any atom is -0.346 e. The average molecular weight is 327 g/mol. The molecule has 0 aliphatic carbocycles. The van der Waals surface area contributed by atoms with Gasteiger partial charge in [0.25, 0.3) is 5.91 Å². The number of amides is 1. The number of nitrogens with zero attached hydrogens (tertiary/aromatic N) is 4. The van der Waals surface area contributed by atoms with Gasteiger partial charge in [-0.2, -0.15) is 0 Å². The van der Waals surface area contributed by atoms with Crippen LogP contribution < -0.4 is 10.2 Å². The van der Waals surface area contributed by atoms with E-state index in [1.165, 1.54) is 5.56 Å². The van der Waals surface area contributed by atoms with Crippen LogP contribution in [-0.2, 0) is 6.42 Å². The van der Waals surface area contributed by atoms with Gasteiger partial charge in [-0.25, -0.2) is 9.97 Å². The number of likely N-dealkylation sites (N-methyl/N-ethyl adjacent to an activating group) is 1. The van der Waals surface area contributed by atoms with Crippen LogP contribution in [0.1, 0.15) is 42.5 Å². The molecule has 6 nitrogen and oxygen atoms in total. The van der Waals surface area contributed by atoms with Gasteiger partial charge in [0.05, 0.1) is 0 Å². The van der Waals surface area contributed by atoms with Crippen LogP contribution in [0.2, 0.25) is 0 Å². The molecule has 24 heavy (non-hydrogen) atoms. The third-order valence-corrected chi connectivity index (χ3v) is 3.39. The Morgan fingerprint density at radius 2 is 1.88 bits per heavy atom. The number of carbonyl (C=O) groups is 1. The lowest BCUT2D eigenvalue weighted by atomic mass is 10.1. The van der Waals surface area contributed by atoms with Crippen molar-refractivity contribution in [2.75, 3.05) is 18.5 Å². The van der Waals surface area contributed by atoms with E-state index >= 15 is 0 Å². The van der Waals surface area contributed by atoms with Crippen LogP contribution in [0.5, 0.6) is 0 Å². The minimum absolute atomic E-state index is 0.184. The molecule has 2 rings (SSSR count). The predicted octanol–water partition coefficient (Wildman–Crippen LogP) is 2.39. The van der Waals surface area contributed by atoms with Crippen molar-refractivity contribution in [2.24, 2.45) is 0 Å². The topological polar surface area (TPSA) is 71.0 Å². The summed E-state index contributed by atoms with van der Waals surface area (Å²) in [6.07, 6.45) is 4.43. The van der Waals surface area contributed by atoms with Crippen LogP contribution in [0, 0.1) is 6.92 Å². The van der Waals surface area contributed by atoms with Crippen molar-refractivity contribution in [1.82, 2.24) is 20.3 Å². The summed E-state index contributed by atoms with van der Waals surface area (Å²) in [6, 6.07) is 5.70. The van der Waals surface area contributed by atoms with E-state index in [0.717, 1.165) is 18.7 Å². The van der Waals surface area contributed by atoms with Crippen molar-refractivity contribution in [3.63, 3.8) is 0 Å². The first-order valence-electron chi connectivity index (χ1n) is 8.03. The molecule has 2 heterocycles. The second kappa shape index (κ2) is 7.38. The summed E-state index contributed by atoms with van der Waals surface area (Å²) in [5, 5.41) is 2.93. The maximum absolute atomic E-state index is 12.3. The summed E-state index contributed by atoms with van der Waals surface area (Å²) in [5.74, 6) is 0.375. The van der Waals surface area contributed by atoms with Crippen LogP contribution in [-0.4, -0.2) is 40.0 Å². The fraction of sp³-hybridized carbons (Fsp3) is 0.444. The van der Waals surface area contributed by atoms with Gasteiger partial charge in [0.1, 0.15) is 5.69 Å². The number of nitrogens with one attached hydrogen (secondary N) is 1. The Balaban J connectivity index is 2.10. The first-order valence-corrected chi connectivity index (χ1v) is 8.03. The van der Waals surface area contributed by atoms with Crippen LogP contribution in [0.15, 0.2) is 30.6 Å². The number of aryl methyl sites for hydroxylation is 1. The van der Waals surface area contributed by atoms with Crippen molar-refractivity contribution in [3.05, 3.63) is 47.5 Å². The standard InChI is InChI=1S/C18H25N5O/c1-13-12-15(16(24)22-18(2,3)4)21-17(20-13)23(5)11-8-14-6-9-19-10-7-14/h6-7,9-10,12H,8,11H2,1-5H3,(H,22,24). The molecule has 0 spiro atoms. The molecule has 2 aromatic heterocycles. The van der Waals surface area contributed by atoms with Crippen molar-refractivity contribution in [1.29, 1.82) is 0 Å². The first kappa shape index (κ1) is 17.8. The Hall–Kier alpha value is -2.50. The normalized spacial score (nSPS) is 11.2. The monoisotopic (exact) mass is 327 g/mol. The zero-order valence-corrected chi connectivity index (χ0v) is 15.0. The van der Waals surface area contributed by atoms with Crippen LogP contribution in [0.3, 0.4) is 0 Å². The lowest BCUT2D eigenvalue weighted by Gasteiger charge is -2.21. The van der Waals surface area contributed by atoms with Gasteiger partial charge in [-0.15, -0.1) is 0 Å². The molecular formula is C18H25N5O. The lowest BCUT2D eigenvalue weighted by Crippen LogP contribution is -2.41. The molecule has 0 aliphatic heterocycles. The molecule has 0 saturated carbocycles. The van der Waals surface area contributed by atoms with E-state index in [9.17, 15) is 4.79 Å². The Morgan fingerprint density at radius 1 is 1.21 bits per heavy atom. The Kier molecular flexibility index (Phi) is 5.49. The smallest absolute Gasteiger partial charge is 0.270 e. The Morgan fingerprint density at radius 3 is 2.50 bits per heavy atom. The third-order valence-electron chi connectivity index (χ3n) is 3.39. The summed E-state index contributed by atoms with van der Waals surface area (Å²) < 4.78 is 0. The van der Waals surface area contributed by atoms with Gasteiger partial charge >= 0.3 is 0 Å². The Bertz CT molecular complexity index is 694. The van der Waals surface area contributed by atoms with Crippen molar-refractivity contribution in [2.45, 2.75) is 39.7 Å². The van der Waals surface area contributed by atoms with E-state index < -0.39 is 0 Å². The number of carbonyl (C=O) groups excluding carboxylic acids is 1. The molecule has 2 aromatic rings. The molecular weight excluding hydrogens is 302 g/mol. The predicted molar refractivity (Wildman–Crippen MR) is 95.2 cm³/mol. The van der Waals surface area contributed by atoms with Crippen LogP contribution in [0.4, 0.5) is 5.95 Å². The number of hydrogen-bond acceptors (Lipinski definition) is 5. The molecule has 0 fully saturated rings. The molecule has 0 unspecified atom stereocenters. The van der Waals surface area contributed by atoms with E-state index in [1.807, 2.05) is 51.8 Å².